The van der Waals surface area contributed by atoms with Crippen molar-refractivity contribution < 1.29 is 22.6 Å². The zero-order valence-corrected chi connectivity index (χ0v) is 17.9. The van der Waals surface area contributed by atoms with E-state index >= 15 is 0 Å². The van der Waals surface area contributed by atoms with E-state index in [1.54, 1.807) is 11.1 Å². The summed E-state index contributed by atoms with van der Waals surface area (Å²) in [6.45, 7) is 6.99. The number of nitrogens with zero attached hydrogens (tertiary/aromatic N) is 5. The van der Waals surface area contributed by atoms with Gasteiger partial charge < -0.3 is 19.3 Å². The molecule has 7 nitrogen and oxygen atoms in total. The Morgan fingerprint density at radius 3 is 2.59 bits per heavy atom. The van der Waals surface area contributed by atoms with Crippen molar-refractivity contribution in [3.8, 4) is 17.1 Å². The van der Waals surface area contributed by atoms with E-state index in [0.29, 0.717) is 37.1 Å². The Morgan fingerprint density at radius 2 is 1.94 bits per heavy atom. The Bertz CT molecular complexity index is 1030. The number of allylic oxidation sites excluding steroid dienone is 2. The van der Waals surface area contributed by atoms with Gasteiger partial charge in [-0.2, -0.15) is 13.2 Å². The van der Waals surface area contributed by atoms with Crippen LogP contribution in [0.3, 0.4) is 0 Å². The highest BCUT2D eigenvalue weighted by Crippen LogP contribution is 2.34. The minimum Gasteiger partial charge on any atom is -0.475 e. The zero-order chi connectivity index (χ0) is 22.7. The van der Waals surface area contributed by atoms with Crippen LogP contribution >= 0.6 is 0 Å². The average Bonchev–Trinajstić information content (AvgIpc) is 2.80. The zero-order valence-electron chi connectivity index (χ0n) is 17.9. The minimum absolute atomic E-state index is 0.101. The molecule has 0 atom stereocenters. The molecule has 0 N–H and O–H groups in total. The van der Waals surface area contributed by atoms with Crippen molar-refractivity contribution in [2.24, 2.45) is 0 Å². The first-order valence-corrected chi connectivity index (χ1v) is 10.4. The second-order valence-electron chi connectivity index (χ2n) is 7.40. The number of alkyl halides is 3. The summed E-state index contributed by atoms with van der Waals surface area (Å²) in [4.78, 5) is 8.30. The summed E-state index contributed by atoms with van der Waals surface area (Å²) < 4.78 is 49.8. The second kappa shape index (κ2) is 9.15. The van der Waals surface area contributed by atoms with E-state index in [1.807, 2.05) is 26.0 Å². The fraction of sp³-hybridized carbons (Fsp3) is 0.409. The van der Waals surface area contributed by atoms with Gasteiger partial charge in [0.15, 0.2) is 0 Å². The van der Waals surface area contributed by atoms with E-state index in [0.717, 1.165) is 42.2 Å². The van der Waals surface area contributed by atoms with Gasteiger partial charge in [0.25, 0.3) is 5.88 Å². The number of morpholine rings is 1. The van der Waals surface area contributed by atoms with E-state index < -0.39 is 11.7 Å². The van der Waals surface area contributed by atoms with Crippen LogP contribution in [0.5, 0.6) is 5.88 Å². The summed E-state index contributed by atoms with van der Waals surface area (Å²) >= 11 is 0. The summed E-state index contributed by atoms with van der Waals surface area (Å²) in [5.41, 5.74) is 2.97. The summed E-state index contributed by atoms with van der Waals surface area (Å²) in [5, 5.41) is 8.64. The Hall–Kier alpha value is -3.14. The van der Waals surface area contributed by atoms with Crippen LogP contribution in [0, 0.1) is 6.92 Å². The van der Waals surface area contributed by atoms with Crippen LogP contribution in [0.15, 0.2) is 42.3 Å². The topological polar surface area (TPSA) is 63.6 Å². The number of hydrogen-bond donors (Lipinski definition) is 0. The van der Waals surface area contributed by atoms with Crippen molar-refractivity contribution in [3.63, 3.8) is 0 Å². The number of ether oxygens (including phenoxy) is 2. The maximum atomic E-state index is 12.9. The van der Waals surface area contributed by atoms with Crippen LogP contribution in [0.25, 0.3) is 11.3 Å². The molecular formula is C22H24F3N5O2. The first-order valence-electron chi connectivity index (χ1n) is 10.4. The Balaban J connectivity index is 1.65. The summed E-state index contributed by atoms with van der Waals surface area (Å²) in [7, 11) is 0. The fourth-order valence-corrected chi connectivity index (χ4v) is 3.61. The van der Waals surface area contributed by atoms with Gasteiger partial charge in [0.2, 0.25) is 0 Å². The number of anilines is 2. The third-order valence-corrected chi connectivity index (χ3v) is 5.32. The lowest BCUT2D eigenvalue weighted by Gasteiger charge is -2.29. The maximum Gasteiger partial charge on any atom is 0.416 e. The molecule has 2 aliphatic rings. The van der Waals surface area contributed by atoms with Crippen LogP contribution in [-0.4, -0.2) is 60.8 Å². The molecule has 4 rings (SSSR count). The van der Waals surface area contributed by atoms with Gasteiger partial charge >= 0.3 is 6.18 Å². The molecule has 0 aliphatic carbocycles. The third-order valence-electron chi connectivity index (χ3n) is 5.32. The minimum atomic E-state index is -4.35. The molecule has 1 fully saturated rings. The number of aromatic nitrogens is 3. The van der Waals surface area contributed by atoms with Gasteiger partial charge in [-0.25, -0.2) is 0 Å². The smallest absolute Gasteiger partial charge is 0.416 e. The van der Waals surface area contributed by atoms with Crippen LogP contribution in [0.4, 0.5) is 24.5 Å². The van der Waals surface area contributed by atoms with E-state index in [1.165, 1.54) is 6.20 Å². The van der Waals surface area contributed by atoms with Crippen LogP contribution in [-0.2, 0) is 4.74 Å². The third kappa shape index (κ3) is 4.69. The molecule has 0 saturated carbocycles. The molecule has 4 heterocycles. The lowest BCUT2D eigenvalue weighted by Crippen LogP contribution is -2.36. The Morgan fingerprint density at radius 1 is 1.16 bits per heavy atom. The largest absolute Gasteiger partial charge is 0.475 e. The quantitative estimate of drug-likeness (QED) is 0.689. The van der Waals surface area contributed by atoms with Crippen LogP contribution < -0.4 is 14.5 Å². The van der Waals surface area contributed by atoms with Crippen molar-refractivity contribution >= 4 is 11.4 Å². The number of halogens is 3. The van der Waals surface area contributed by atoms with Crippen molar-refractivity contribution in [1.82, 2.24) is 15.2 Å². The standard InChI is InChI=1S/C22H24F3N5O2/c1-3-32-21-20(30-8-10-31-11-9-30)13-19(27-28-21)18-12-17(14-26-15(18)2)29-6-4-16(5-7-29)22(23,24)25/h4-6,12-14H,3,7-11H2,1-2H3. The van der Waals surface area contributed by atoms with E-state index in [-0.39, 0.29) is 6.54 Å². The first-order chi connectivity index (χ1) is 15.4. The molecule has 0 unspecified atom stereocenters. The Labute approximate surface area is 184 Å². The summed E-state index contributed by atoms with van der Waals surface area (Å²) in [6, 6.07) is 3.79. The van der Waals surface area contributed by atoms with E-state index in [4.69, 9.17) is 9.47 Å². The molecule has 2 aliphatic heterocycles. The molecule has 0 spiro atoms. The highest BCUT2D eigenvalue weighted by atomic mass is 19.4. The molecule has 32 heavy (non-hydrogen) atoms. The first kappa shape index (κ1) is 22.1. The summed E-state index contributed by atoms with van der Waals surface area (Å²) in [6.07, 6.45) is 0.929. The van der Waals surface area contributed by atoms with Crippen molar-refractivity contribution in [2.45, 2.75) is 20.0 Å². The van der Waals surface area contributed by atoms with Gasteiger partial charge in [0.05, 0.1) is 43.0 Å². The molecule has 1 saturated heterocycles. The van der Waals surface area contributed by atoms with Crippen molar-refractivity contribution in [3.05, 3.63) is 47.9 Å². The van der Waals surface area contributed by atoms with Crippen molar-refractivity contribution in [1.29, 1.82) is 0 Å². The molecule has 2 aromatic rings. The number of pyridine rings is 1. The monoisotopic (exact) mass is 447 g/mol. The highest BCUT2D eigenvalue weighted by molar-refractivity contribution is 5.72. The SMILES string of the molecule is CCOc1nnc(-c2cc(N3C=CC(C(F)(F)F)=CC3)cnc2C)cc1N1CCOCC1. The fourth-order valence-electron chi connectivity index (χ4n) is 3.61. The van der Waals surface area contributed by atoms with Crippen LogP contribution in [0.1, 0.15) is 12.6 Å². The molecule has 0 bridgehead atoms. The normalized spacial score (nSPS) is 16.8. The lowest BCUT2D eigenvalue weighted by molar-refractivity contribution is -0.0885. The lowest BCUT2D eigenvalue weighted by atomic mass is 10.1. The number of aryl methyl sites for hydroxylation is 1. The number of hydrogen-bond acceptors (Lipinski definition) is 7. The van der Waals surface area contributed by atoms with Gasteiger partial charge in [-0.05, 0) is 32.1 Å². The molecule has 2 aromatic heterocycles. The molecule has 170 valence electrons. The Kier molecular flexibility index (Phi) is 6.31. The highest BCUT2D eigenvalue weighted by Gasteiger charge is 2.33. The van der Waals surface area contributed by atoms with Gasteiger partial charge in [-0.15, -0.1) is 10.2 Å². The predicted molar refractivity (Wildman–Crippen MR) is 115 cm³/mol. The van der Waals surface area contributed by atoms with Crippen LogP contribution in [0.2, 0.25) is 0 Å². The van der Waals surface area contributed by atoms with Gasteiger partial charge in [-0.3, -0.25) is 4.98 Å². The average molecular weight is 447 g/mol. The molecule has 0 aromatic carbocycles. The van der Waals surface area contributed by atoms with E-state index in [9.17, 15) is 13.2 Å². The van der Waals surface area contributed by atoms with Gasteiger partial charge in [-0.1, -0.05) is 6.08 Å². The van der Waals surface area contributed by atoms with Gasteiger partial charge in [0.1, 0.15) is 5.69 Å². The van der Waals surface area contributed by atoms with Gasteiger partial charge in [0, 0.05) is 37.1 Å². The predicted octanol–water partition coefficient (Wildman–Crippen LogP) is 3.90. The van der Waals surface area contributed by atoms with E-state index in [2.05, 4.69) is 20.1 Å². The number of rotatable bonds is 5. The second-order valence-corrected chi connectivity index (χ2v) is 7.40. The molecular weight excluding hydrogens is 423 g/mol. The molecule has 0 amide bonds. The molecule has 0 radical (unpaired) electrons. The van der Waals surface area contributed by atoms with Crippen molar-refractivity contribution in [2.75, 3.05) is 49.3 Å². The summed E-state index contributed by atoms with van der Waals surface area (Å²) in [5.74, 6) is 0.462. The maximum absolute atomic E-state index is 12.9. The molecule has 10 heteroatoms.